The van der Waals surface area contributed by atoms with Crippen LogP contribution in [0.1, 0.15) is 49.9 Å². The molecule has 0 radical (unpaired) electrons. The number of aromatic nitrogens is 4. The van der Waals surface area contributed by atoms with Crippen molar-refractivity contribution in [3.8, 4) is 11.3 Å². The number of pyridine rings is 2. The van der Waals surface area contributed by atoms with Gasteiger partial charge in [0.25, 0.3) is 0 Å². The van der Waals surface area contributed by atoms with Gasteiger partial charge in [-0.25, -0.2) is 4.98 Å². The van der Waals surface area contributed by atoms with Crippen LogP contribution in [0.2, 0.25) is 0 Å². The lowest BCUT2D eigenvalue weighted by Crippen LogP contribution is -2.24. The lowest BCUT2D eigenvalue weighted by molar-refractivity contribution is 0.299. The highest BCUT2D eigenvalue weighted by molar-refractivity contribution is 6.07. The van der Waals surface area contributed by atoms with Gasteiger partial charge in [-0.3, -0.25) is 10.1 Å². The fourth-order valence-corrected chi connectivity index (χ4v) is 5.02. The molecule has 0 spiro atoms. The Morgan fingerprint density at radius 1 is 0.968 bits per heavy atom. The first-order valence-electron chi connectivity index (χ1n) is 11.7. The van der Waals surface area contributed by atoms with E-state index >= 15 is 0 Å². The molecule has 1 aliphatic rings. The van der Waals surface area contributed by atoms with E-state index in [1.807, 2.05) is 12.4 Å². The van der Waals surface area contributed by atoms with Gasteiger partial charge in [0.2, 0.25) is 0 Å². The van der Waals surface area contributed by atoms with Crippen molar-refractivity contribution >= 4 is 21.8 Å². The van der Waals surface area contributed by atoms with Gasteiger partial charge in [0.15, 0.2) is 0 Å². The van der Waals surface area contributed by atoms with Crippen LogP contribution in [0.3, 0.4) is 0 Å². The first-order valence-corrected chi connectivity index (χ1v) is 11.7. The highest BCUT2D eigenvalue weighted by Gasteiger charge is 2.21. The molecular weight excluding hydrogens is 382 g/mol. The molecule has 160 valence electrons. The Balaban J connectivity index is 1.48. The minimum Gasteiger partial charge on any atom is -0.304 e. The van der Waals surface area contributed by atoms with E-state index in [0.717, 1.165) is 67.6 Å². The van der Waals surface area contributed by atoms with Gasteiger partial charge in [-0.05, 0) is 93.6 Å². The van der Waals surface area contributed by atoms with E-state index in [9.17, 15) is 0 Å². The van der Waals surface area contributed by atoms with Crippen molar-refractivity contribution in [1.29, 1.82) is 0 Å². The molecule has 1 aromatic carbocycles. The molecule has 0 saturated heterocycles. The van der Waals surface area contributed by atoms with Gasteiger partial charge in [0.1, 0.15) is 0 Å². The van der Waals surface area contributed by atoms with Crippen LogP contribution < -0.4 is 0 Å². The second-order valence-corrected chi connectivity index (χ2v) is 8.58. The number of fused-ring (bicyclic) bond motifs is 5. The smallest absolute Gasteiger partial charge is 0.0759 e. The maximum atomic E-state index is 5.14. The van der Waals surface area contributed by atoms with E-state index in [-0.39, 0.29) is 0 Å². The molecule has 0 fully saturated rings. The van der Waals surface area contributed by atoms with Crippen LogP contribution in [0, 0.1) is 0 Å². The van der Waals surface area contributed by atoms with Crippen molar-refractivity contribution in [3.63, 3.8) is 0 Å². The molecule has 4 aromatic rings. The Kier molecular flexibility index (Phi) is 5.68. The van der Waals surface area contributed by atoms with Crippen molar-refractivity contribution in [2.75, 3.05) is 19.6 Å². The Morgan fingerprint density at radius 2 is 1.81 bits per heavy atom. The maximum absolute atomic E-state index is 5.14. The number of benzene rings is 1. The SMILES string of the molecule is CCN(CC)CCCc1ccc(-c2nc3ccc4[nH]ncc4c3c3c2CCCC3)cn1. The van der Waals surface area contributed by atoms with E-state index in [1.54, 1.807) is 0 Å². The molecule has 3 aromatic heterocycles. The number of H-pyrrole nitrogens is 1. The van der Waals surface area contributed by atoms with Crippen LogP contribution in [0.25, 0.3) is 33.1 Å². The van der Waals surface area contributed by atoms with E-state index in [4.69, 9.17) is 9.97 Å². The quantitative estimate of drug-likeness (QED) is 0.445. The molecule has 0 aliphatic heterocycles. The molecule has 31 heavy (non-hydrogen) atoms. The van der Waals surface area contributed by atoms with Crippen LogP contribution in [-0.4, -0.2) is 44.7 Å². The molecule has 0 bridgehead atoms. The van der Waals surface area contributed by atoms with Gasteiger partial charge in [0, 0.05) is 28.2 Å². The van der Waals surface area contributed by atoms with Crippen molar-refractivity contribution in [3.05, 3.63) is 53.5 Å². The zero-order valence-corrected chi connectivity index (χ0v) is 18.6. The largest absolute Gasteiger partial charge is 0.304 e. The van der Waals surface area contributed by atoms with Gasteiger partial charge < -0.3 is 4.90 Å². The summed E-state index contributed by atoms with van der Waals surface area (Å²) >= 11 is 0. The molecule has 0 unspecified atom stereocenters. The van der Waals surface area contributed by atoms with Crippen molar-refractivity contribution in [1.82, 2.24) is 25.1 Å². The monoisotopic (exact) mass is 413 g/mol. The Hall–Kier alpha value is -2.79. The molecule has 0 amide bonds. The summed E-state index contributed by atoms with van der Waals surface area (Å²) in [6.07, 6.45) is 10.8. The van der Waals surface area contributed by atoms with Crippen LogP contribution in [0.5, 0.6) is 0 Å². The van der Waals surface area contributed by atoms with Gasteiger partial charge in [-0.2, -0.15) is 5.10 Å². The number of hydrogen-bond acceptors (Lipinski definition) is 4. The summed E-state index contributed by atoms with van der Waals surface area (Å²) in [5.41, 5.74) is 8.45. The van der Waals surface area contributed by atoms with Crippen LogP contribution in [0.4, 0.5) is 0 Å². The number of aryl methyl sites for hydroxylation is 2. The predicted octanol–water partition coefficient (Wildman–Crippen LogP) is 5.33. The zero-order chi connectivity index (χ0) is 21.2. The number of rotatable bonds is 7. The third-order valence-electron chi connectivity index (χ3n) is 6.79. The van der Waals surface area contributed by atoms with E-state index in [1.165, 1.54) is 40.4 Å². The molecule has 3 heterocycles. The van der Waals surface area contributed by atoms with Crippen LogP contribution in [0.15, 0.2) is 36.7 Å². The molecule has 0 atom stereocenters. The number of hydrogen-bond donors (Lipinski definition) is 1. The molecule has 5 nitrogen and oxygen atoms in total. The van der Waals surface area contributed by atoms with Gasteiger partial charge in [-0.1, -0.05) is 13.8 Å². The van der Waals surface area contributed by atoms with E-state index in [2.05, 4.69) is 53.2 Å². The Bertz CT molecular complexity index is 1190. The van der Waals surface area contributed by atoms with Gasteiger partial charge in [-0.15, -0.1) is 0 Å². The van der Waals surface area contributed by atoms with E-state index in [0.29, 0.717) is 0 Å². The number of nitrogens with zero attached hydrogens (tertiary/aromatic N) is 4. The molecule has 0 saturated carbocycles. The summed E-state index contributed by atoms with van der Waals surface area (Å²) in [7, 11) is 0. The molecule has 5 rings (SSSR count). The molecule has 1 aliphatic carbocycles. The first kappa shape index (κ1) is 20.1. The summed E-state index contributed by atoms with van der Waals surface area (Å²) in [6.45, 7) is 7.83. The number of aromatic amines is 1. The predicted molar refractivity (Wildman–Crippen MR) is 127 cm³/mol. The fraction of sp³-hybridized carbons (Fsp3) is 0.423. The van der Waals surface area contributed by atoms with Crippen LogP contribution in [-0.2, 0) is 19.3 Å². The van der Waals surface area contributed by atoms with Crippen molar-refractivity contribution in [2.45, 2.75) is 52.4 Å². The average molecular weight is 414 g/mol. The maximum Gasteiger partial charge on any atom is 0.0759 e. The summed E-state index contributed by atoms with van der Waals surface area (Å²) in [5.74, 6) is 0. The standard InChI is InChI=1S/C26H31N5/c1-3-31(4-2)15-7-8-19-12-11-18(16-27-19)26-21-10-6-5-9-20(21)25-22-17-28-30-23(22)13-14-24(25)29-26/h11-14,16-17H,3-10,15H2,1-2H3,(H,28,30). The Morgan fingerprint density at radius 3 is 2.58 bits per heavy atom. The lowest BCUT2D eigenvalue weighted by atomic mass is 9.85. The normalized spacial score (nSPS) is 13.9. The van der Waals surface area contributed by atoms with Gasteiger partial charge >= 0.3 is 0 Å². The first-order chi connectivity index (χ1) is 15.3. The topological polar surface area (TPSA) is 57.7 Å². The second-order valence-electron chi connectivity index (χ2n) is 8.58. The van der Waals surface area contributed by atoms with Crippen LogP contribution >= 0.6 is 0 Å². The minimum atomic E-state index is 1.03. The van der Waals surface area contributed by atoms with Gasteiger partial charge in [0.05, 0.1) is 22.9 Å². The van der Waals surface area contributed by atoms with Crippen molar-refractivity contribution in [2.24, 2.45) is 0 Å². The molecule has 5 heteroatoms. The molecule has 1 N–H and O–H groups in total. The summed E-state index contributed by atoms with van der Waals surface area (Å²) in [6, 6.07) is 8.63. The minimum absolute atomic E-state index is 1.03. The highest BCUT2D eigenvalue weighted by Crippen LogP contribution is 2.37. The molecular formula is C26H31N5. The number of nitrogens with one attached hydrogen (secondary N) is 1. The summed E-state index contributed by atoms with van der Waals surface area (Å²) in [5, 5.41) is 9.86. The Labute approximate surface area is 183 Å². The highest BCUT2D eigenvalue weighted by atomic mass is 15.1. The van der Waals surface area contributed by atoms with E-state index < -0.39 is 0 Å². The summed E-state index contributed by atoms with van der Waals surface area (Å²) < 4.78 is 0. The van der Waals surface area contributed by atoms with Crippen molar-refractivity contribution < 1.29 is 0 Å². The lowest BCUT2D eigenvalue weighted by Gasteiger charge is -2.21. The third kappa shape index (κ3) is 3.83. The second kappa shape index (κ2) is 8.75. The zero-order valence-electron chi connectivity index (χ0n) is 18.6. The third-order valence-corrected chi connectivity index (χ3v) is 6.79. The average Bonchev–Trinajstić information content (AvgIpc) is 3.31. The fourth-order valence-electron chi connectivity index (χ4n) is 5.02. The summed E-state index contributed by atoms with van der Waals surface area (Å²) in [4.78, 5) is 12.4.